The monoisotopic (exact) mass is 485 g/mol. The lowest BCUT2D eigenvalue weighted by Gasteiger charge is -2.30. The molecule has 0 spiro atoms. The van der Waals surface area contributed by atoms with Gasteiger partial charge in [-0.25, -0.2) is 19.2 Å². The van der Waals surface area contributed by atoms with E-state index >= 15 is 0 Å². The number of hydrogen-bond acceptors (Lipinski definition) is 8. The fraction of sp³-hybridized carbons (Fsp3) is 0.619. The molecule has 3 rings (SSSR count). The predicted octanol–water partition coefficient (Wildman–Crippen LogP) is 5.14. The van der Waals surface area contributed by atoms with E-state index in [2.05, 4.69) is 20.3 Å². The van der Waals surface area contributed by atoms with Gasteiger partial charge in [-0.05, 0) is 40.4 Å². The number of nitrogens with one attached hydrogen (secondary N) is 1. The number of aromatic nitrogens is 3. The number of amides is 1. The highest BCUT2D eigenvalue weighted by Crippen LogP contribution is 2.36. The smallest absolute Gasteiger partial charge is 0.410 e. The highest BCUT2D eigenvalue weighted by Gasteiger charge is 2.28. The first-order valence-electron chi connectivity index (χ1n) is 10.5. The first-order chi connectivity index (χ1) is 15.0. The van der Waals surface area contributed by atoms with Crippen LogP contribution in [0.3, 0.4) is 0 Å². The van der Waals surface area contributed by atoms with E-state index in [0.717, 1.165) is 0 Å². The summed E-state index contributed by atoms with van der Waals surface area (Å²) in [7, 11) is 0. The van der Waals surface area contributed by atoms with Crippen LogP contribution in [-0.4, -0.2) is 63.0 Å². The molecule has 2 atom stereocenters. The summed E-state index contributed by atoms with van der Waals surface area (Å²) in [5.74, 6) is -0.169. The van der Waals surface area contributed by atoms with Crippen LogP contribution in [-0.2, 0) is 4.74 Å². The number of thioether (sulfide) groups is 1. The van der Waals surface area contributed by atoms with Crippen molar-refractivity contribution >= 4 is 46.2 Å². The van der Waals surface area contributed by atoms with Crippen LogP contribution >= 0.6 is 23.4 Å². The Morgan fingerprint density at radius 3 is 2.72 bits per heavy atom. The van der Waals surface area contributed by atoms with Crippen LogP contribution < -0.4 is 10.1 Å². The van der Waals surface area contributed by atoms with Crippen molar-refractivity contribution in [1.82, 2.24) is 19.9 Å². The number of hydrogen-bond donors (Lipinski definition) is 1. The van der Waals surface area contributed by atoms with Crippen LogP contribution in [0.5, 0.6) is 5.88 Å². The molecule has 176 valence electrons. The van der Waals surface area contributed by atoms with Gasteiger partial charge in [-0.3, -0.25) is 0 Å². The van der Waals surface area contributed by atoms with Crippen molar-refractivity contribution in [2.24, 2.45) is 0 Å². The molecule has 0 aromatic carbocycles. The Morgan fingerprint density at radius 2 is 2.09 bits per heavy atom. The van der Waals surface area contributed by atoms with E-state index in [9.17, 15) is 9.18 Å². The maximum absolute atomic E-state index is 14.9. The SMILES string of the molecule is CCC1CN(C(=O)OC(C)(C)C)CC[C@H](C)Oc2nc(Cl)c(F)c3nc(SC)nc(c23)N1. The number of halogens is 2. The summed E-state index contributed by atoms with van der Waals surface area (Å²) in [5, 5.41) is 3.76. The average Bonchev–Trinajstić information content (AvgIpc) is 2.73. The Labute approximate surface area is 196 Å². The topological polar surface area (TPSA) is 89.5 Å². The third-order valence-corrected chi connectivity index (χ3v) is 5.72. The van der Waals surface area contributed by atoms with Gasteiger partial charge >= 0.3 is 6.09 Å². The second-order valence-corrected chi connectivity index (χ2v) is 9.83. The number of ether oxygens (including phenoxy) is 2. The number of pyridine rings is 1. The van der Waals surface area contributed by atoms with E-state index in [1.165, 1.54) is 11.8 Å². The summed E-state index contributed by atoms with van der Waals surface area (Å²) in [6.07, 6.45) is 2.29. The minimum atomic E-state index is -0.722. The van der Waals surface area contributed by atoms with Gasteiger partial charge in [-0.1, -0.05) is 30.3 Å². The fourth-order valence-corrected chi connectivity index (χ4v) is 3.81. The summed E-state index contributed by atoms with van der Waals surface area (Å²) >= 11 is 7.34. The Bertz CT molecular complexity index is 1000. The highest BCUT2D eigenvalue weighted by atomic mass is 35.5. The van der Waals surface area contributed by atoms with Crippen LogP contribution in [0.2, 0.25) is 5.15 Å². The van der Waals surface area contributed by atoms with E-state index < -0.39 is 17.5 Å². The molecule has 1 unspecified atom stereocenters. The minimum absolute atomic E-state index is 0.0483. The van der Waals surface area contributed by atoms with E-state index in [4.69, 9.17) is 21.1 Å². The molecule has 11 heteroatoms. The van der Waals surface area contributed by atoms with Gasteiger partial charge in [-0.15, -0.1) is 0 Å². The fourth-order valence-electron chi connectivity index (χ4n) is 3.28. The predicted molar refractivity (Wildman–Crippen MR) is 124 cm³/mol. The van der Waals surface area contributed by atoms with Gasteiger partial charge in [0, 0.05) is 25.6 Å². The summed E-state index contributed by atoms with van der Waals surface area (Å²) in [4.78, 5) is 27.5. The molecular formula is C21H29ClFN5O3S. The van der Waals surface area contributed by atoms with Crippen LogP contribution in [0.1, 0.15) is 47.5 Å². The maximum Gasteiger partial charge on any atom is 0.410 e. The van der Waals surface area contributed by atoms with Crippen molar-refractivity contribution in [3.8, 4) is 5.88 Å². The lowest BCUT2D eigenvalue weighted by molar-refractivity contribution is 0.0222. The minimum Gasteiger partial charge on any atom is -0.474 e. The zero-order valence-corrected chi connectivity index (χ0v) is 20.7. The van der Waals surface area contributed by atoms with Gasteiger partial charge in [0.2, 0.25) is 5.88 Å². The number of nitrogens with zero attached hydrogens (tertiary/aromatic N) is 4. The summed E-state index contributed by atoms with van der Waals surface area (Å²) < 4.78 is 26.5. The first-order valence-corrected chi connectivity index (χ1v) is 12.1. The van der Waals surface area contributed by atoms with Gasteiger partial charge < -0.3 is 19.7 Å². The Hall–Kier alpha value is -2.07. The molecule has 2 aromatic rings. The molecule has 0 fully saturated rings. The molecule has 1 N–H and O–H groups in total. The van der Waals surface area contributed by atoms with E-state index in [0.29, 0.717) is 42.3 Å². The molecule has 0 aliphatic carbocycles. The van der Waals surface area contributed by atoms with Crippen LogP contribution in [0, 0.1) is 5.82 Å². The molecule has 0 saturated heterocycles. The van der Waals surface area contributed by atoms with Crippen LogP contribution in [0.25, 0.3) is 10.9 Å². The van der Waals surface area contributed by atoms with E-state index in [1.54, 1.807) is 11.2 Å². The summed E-state index contributed by atoms with van der Waals surface area (Å²) in [5.41, 5.74) is -0.562. The third kappa shape index (κ3) is 5.64. The molecule has 32 heavy (non-hydrogen) atoms. The second-order valence-electron chi connectivity index (χ2n) is 8.70. The molecule has 0 bridgehead atoms. The molecule has 3 heterocycles. The standard InChI is InChI=1S/C21H29ClFN5O3S/c1-7-12-10-28(20(29)31-21(3,4)5)9-8-11(2)30-18-13-15(14(23)16(22)26-18)25-19(32-6)27-17(13)24-12/h11-12H,7-10H2,1-6H3,(H,24,25,27)/t11-,12?/m0/s1. The Kier molecular flexibility index (Phi) is 7.54. The van der Waals surface area contributed by atoms with Crippen molar-refractivity contribution in [3.05, 3.63) is 11.0 Å². The normalized spacial score (nSPS) is 19.7. The summed E-state index contributed by atoms with van der Waals surface area (Å²) in [6.45, 7) is 10.2. The number of carbonyl (C=O) groups excluding carboxylic acids is 1. The Balaban J connectivity index is 2.09. The number of carbonyl (C=O) groups is 1. The van der Waals surface area contributed by atoms with Crippen molar-refractivity contribution in [3.63, 3.8) is 0 Å². The summed E-state index contributed by atoms with van der Waals surface area (Å²) in [6, 6.07) is -0.171. The highest BCUT2D eigenvalue weighted by molar-refractivity contribution is 7.98. The van der Waals surface area contributed by atoms with E-state index in [-0.39, 0.29) is 28.7 Å². The van der Waals surface area contributed by atoms with Gasteiger partial charge in [-0.2, -0.15) is 4.98 Å². The molecule has 8 nitrogen and oxygen atoms in total. The van der Waals surface area contributed by atoms with Crippen LogP contribution in [0.15, 0.2) is 5.16 Å². The third-order valence-electron chi connectivity index (χ3n) is 4.92. The second kappa shape index (κ2) is 9.82. The molecule has 2 aromatic heterocycles. The first kappa shape index (κ1) is 24.6. The molecule has 0 saturated carbocycles. The average molecular weight is 486 g/mol. The van der Waals surface area contributed by atoms with Crippen molar-refractivity contribution in [2.45, 2.75) is 70.4 Å². The molecule has 1 aliphatic heterocycles. The zero-order valence-electron chi connectivity index (χ0n) is 19.2. The maximum atomic E-state index is 14.9. The van der Waals surface area contributed by atoms with Gasteiger partial charge in [0.15, 0.2) is 16.1 Å². The lowest BCUT2D eigenvalue weighted by Crippen LogP contribution is -2.44. The molecule has 1 aliphatic rings. The largest absolute Gasteiger partial charge is 0.474 e. The van der Waals surface area contributed by atoms with E-state index in [1.807, 2.05) is 34.6 Å². The van der Waals surface area contributed by atoms with Crippen molar-refractivity contribution in [1.29, 1.82) is 0 Å². The molecule has 1 amide bonds. The number of rotatable bonds is 2. The quantitative estimate of drug-likeness (QED) is 0.355. The van der Waals surface area contributed by atoms with Gasteiger partial charge in [0.05, 0.1) is 6.10 Å². The van der Waals surface area contributed by atoms with Crippen molar-refractivity contribution < 1.29 is 18.7 Å². The number of anilines is 1. The lowest BCUT2D eigenvalue weighted by atomic mass is 10.2. The van der Waals surface area contributed by atoms with Gasteiger partial charge in [0.1, 0.15) is 22.3 Å². The van der Waals surface area contributed by atoms with Crippen LogP contribution in [0.4, 0.5) is 15.0 Å². The zero-order chi connectivity index (χ0) is 23.6. The van der Waals surface area contributed by atoms with Crippen molar-refractivity contribution in [2.75, 3.05) is 24.7 Å². The Morgan fingerprint density at radius 1 is 1.38 bits per heavy atom. The molecule has 0 radical (unpaired) electrons. The van der Waals surface area contributed by atoms with Gasteiger partial charge in [0.25, 0.3) is 0 Å². The molecular weight excluding hydrogens is 457 g/mol.